The minimum absolute atomic E-state index is 0.0953. The summed E-state index contributed by atoms with van der Waals surface area (Å²) in [6.07, 6.45) is 10.1. The summed E-state index contributed by atoms with van der Waals surface area (Å²) in [6, 6.07) is 67.2. The van der Waals surface area contributed by atoms with Crippen LogP contribution in [0.3, 0.4) is 0 Å². The maximum Gasteiger partial charge on any atom is 0.534 e. The molecule has 0 aliphatic carbocycles. The first-order chi connectivity index (χ1) is 70.3. The number of hydrogen-bond donors (Lipinski definition) is 2. The molecule has 0 spiro atoms. The van der Waals surface area contributed by atoms with Crippen LogP contribution in [0.4, 0.5) is 39.2 Å². The van der Waals surface area contributed by atoms with E-state index in [2.05, 4.69) is 137 Å². The van der Waals surface area contributed by atoms with Crippen LogP contribution in [0.15, 0.2) is 216 Å². The molecular formula is C108H115F3N16O14S4. The van der Waals surface area contributed by atoms with Crippen LogP contribution in [-0.2, 0) is 108 Å². The standard InChI is InChI=1S/C33H33N5O4S.C33H33N5O3S.C20H17F3N2O4S2.C14H17N3O2.C8H15NO/c1-22-9-7-12-24-13-8-14-26(30(22)24)29-17-28-27(21-41-29)31(36-32(35-28)43(3)40)37-15-16-38(25(19-37)18-34-2)33(39)42-20-23-10-5-4-6-11-23;1-22-9-7-12-24-13-8-14-26(30(22)24)29-17-28-27(21-40-29)31(36-32(35-28)42-3)37-15-16-38(25(19-37)18-34-2)33(39)41-20-23-10-5-4-6-11-23;1-11-5-3-6-12-7-4-8-13(17(11)12)16-9-15-14(10-28-16)18(25-19(24-15)30-2)29-31(26,27)20(21,22)23;15-7-6-13-10-16-8-9-17(13)14(18)19-11-12-4-2-1-3-5-12;10-7-8-3-1-5-9(8)6-2-4-8/h4-14,25,29H,15-21H2,1,3H3;4-14,25,29H,15-21H2,1,3H3;3-8,16H,9-10H2,1-2H3;1-5,13,16H,6,8-11H2;10H,1-7H2/t25-,29?,43?;25-,29?;;13-;/m00.0./s1. The van der Waals surface area contributed by atoms with Gasteiger partial charge in [0.2, 0.25) is 24.1 Å². The molecule has 145 heavy (non-hydrogen) atoms. The summed E-state index contributed by atoms with van der Waals surface area (Å²) in [5, 5.41) is 29.1. The number of nitrogens with zero attached hydrogens (tertiary/aromatic N) is 15. The Labute approximate surface area is 852 Å². The van der Waals surface area contributed by atoms with E-state index < -0.39 is 50.6 Å². The van der Waals surface area contributed by atoms with E-state index in [4.69, 9.17) is 66.8 Å². The van der Waals surface area contributed by atoms with E-state index in [1.165, 1.54) is 83.4 Å². The topological polar surface area (TPSA) is 329 Å². The molecule has 0 saturated carbocycles. The van der Waals surface area contributed by atoms with Gasteiger partial charge in [0, 0.05) is 101 Å². The van der Waals surface area contributed by atoms with Gasteiger partial charge in [-0.15, -0.1) is 0 Å². The SMILES string of the molecule is CSc1nc2c(c(OS(=O)(=O)C(F)(F)F)n1)COC(c1cccc3cccc(C)c13)C2.N#CC[C@H]1CNCCN1C(=O)OCc1ccccc1.OCC12CCCN1CCC2.[C-]#[N+]C[C@H]1CN(c2nc(S(C)=O)nc3c2COC(c2cccc4cccc(C)c24)C3)CCN1C(=O)OCc1ccccc1.[C-]#[N+]C[C@H]1CN(c2nc(SC)nc3c2COC(c2cccc4cccc(C)c24)C3)CCN1C(=O)OCc1ccccc1. The lowest BCUT2D eigenvalue weighted by atomic mass is 9.92. The Morgan fingerprint density at radius 1 is 0.531 bits per heavy atom. The molecule has 8 aliphatic rings. The number of aliphatic hydroxyl groups is 1. The molecule has 8 aliphatic heterocycles. The molecular weight excluding hydrogens is 1930 g/mol. The molecule has 4 unspecified atom stereocenters. The lowest BCUT2D eigenvalue weighted by Crippen LogP contribution is -2.57. The number of amides is 3. The van der Waals surface area contributed by atoms with Crippen LogP contribution in [0.2, 0.25) is 0 Å². The van der Waals surface area contributed by atoms with Crippen molar-refractivity contribution in [2.24, 2.45) is 0 Å². The summed E-state index contributed by atoms with van der Waals surface area (Å²) in [5.41, 5.74) is 8.34. The van der Waals surface area contributed by atoms with Crippen LogP contribution in [0, 0.1) is 45.2 Å². The third-order valence-corrected chi connectivity index (χ3v) is 30.1. The normalized spacial score (nSPS) is 19.2. The number of nitrogens with one attached hydrogen (secondary N) is 1. The fourth-order valence-electron chi connectivity index (χ4n) is 20.1. The van der Waals surface area contributed by atoms with Gasteiger partial charge in [0.05, 0.1) is 96.7 Å². The van der Waals surface area contributed by atoms with Crippen LogP contribution < -0.4 is 19.3 Å². The average molecular weight is 2050 g/mol. The lowest BCUT2D eigenvalue weighted by Gasteiger charge is -2.40. The maximum atomic E-state index is 13.1. The number of hydrogen-bond acceptors (Lipinski definition) is 27. The monoisotopic (exact) mass is 2040 g/mol. The fraction of sp³-hybridized carbons (Fsp3) is 0.389. The van der Waals surface area contributed by atoms with E-state index >= 15 is 0 Å². The number of nitriles is 1. The molecule has 30 nitrogen and oxygen atoms in total. The zero-order chi connectivity index (χ0) is 102. The smallest absolute Gasteiger partial charge is 0.445 e. The van der Waals surface area contributed by atoms with Crippen molar-refractivity contribution in [2.45, 2.75) is 175 Å². The minimum Gasteiger partial charge on any atom is -0.445 e. The Hall–Kier alpha value is -13.0. The zero-order valence-electron chi connectivity index (χ0n) is 81.5. The van der Waals surface area contributed by atoms with Crippen molar-refractivity contribution < 1.29 is 77.9 Å². The Balaban J connectivity index is 0.000000138. The Morgan fingerprint density at radius 3 is 1.32 bits per heavy atom. The van der Waals surface area contributed by atoms with E-state index in [0.29, 0.717) is 108 Å². The van der Waals surface area contributed by atoms with Crippen molar-refractivity contribution in [2.75, 3.05) is 120 Å². The Bertz CT molecular complexity index is 6890. The number of piperazine rings is 3. The number of aryl methyl sites for hydroxylation is 3. The summed E-state index contributed by atoms with van der Waals surface area (Å²) in [5.74, 6) is 0.846. The van der Waals surface area contributed by atoms with E-state index in [-0.39, 0.29) is 104 Å². The number of rotatable bonds is 20. The molecule has 0 bridgehead atoms. The number of anilines is 2. The second-order valence-corrected chi connectivity index (χ2v) is 40.9. The van der Waals surface area contributed by atoms with Crippen molar-refractivity contribution in [1.29, 1.82) is 5.26 Å². The van der Waals surface area contributed by atoms with Crippen LogP contribution in [0.1, 0.15) is 134 Å². The summed E-state index contributed by atoms with van der Waals surface area (Å²) < 4.78 is 114. The molecule has 7 atom stereocenters. The highest BCUT2D eigenvalue weighted by molar-refractivity contribution is 7.98. The van der Waals surface area contributed by atoms with Gasteiger partial charge in [-0.3, -0.25) is 18.9 Å². The van der Waals surface area contributed by atoms with E-state index in [0.717, 1.165) is 96.2 Å². The predicted octanol–water partition coefficient (Wildman–Crippen LogP) is 18.3. The van der Waals surface area contributed by atoms with Gasteiger partial charge in [0.25, 0.3) is 0 Å². The molecule has 12 aromatic rings. The molecule has 20 rings (SSSR count). The number of benzene rings is 9. The van der Waals surface area contributed by atoms with E-state index in [1.807, 2.05) is 141 Å². The third kappa shape index (κ3) is 24.9. The second-order valence-electron chi connectivity index (χ2n) is 36.5. The number of alkyl halides is 3. The average Bonchev–Trinajstić information content (AvgIpc) is 1.37. The number of aliphatic hydroxyl groups excluding tert-OH is 1. The largest absolute Gasteiger partial charge is 0.534 e. The van der Waals surface area contributed by atoms with Gasteiger partial charge in [-0.1, -0.05) is 224 Å². The Morgan fingerprint density at radius 2 is 0.924 bits per heavy atom. The van der Waals surface area contributed by atoms with E-state index in [9.17, 15) is 45.3 Å². The van der Waals surface area contributed by atoms with Crippen LogP contribution in [0.5, 0.6) is 5.88 Å². The first-order valence-electron chi connectivity index (χ1n) is 48.2. The van der Waals surface area contributed by atoms with Crippen molar-refractivity contribution in [1.82, 2.24) is 54.8 Å². The number of fused-ring (bicyclic) bond motifs is 7. The summed E-state index contributed by atoms with van der Waals surface area (Å²) in [4.78, 5) is 84.6. The van der Waals surface area contributed by atoms with Crippen molar-refractivity contribution in [3.05, 3.63) is 307 Å². The number of ether oxygens (including phenoxy) is 6. The van der Waals surface area contributed by atoms with Gasteiger partial charge < -0.3 is 67.4 Å². The van der Waals surface area contributed by atoms with Crippen molar-refractivity contribution in [3.63, 3.8) is 0 Å². The maximum absolute atomic E-state index is 13.1. The van der Waals surface area contributed by atoms with Gasteiger partial charge in [-0.05, 0) is 154 Å². The molecule has 3 aromatic heterocycles. The minimum atomic E-state index is -5.86. The number of carbonyl (C=O) groups excluding carboxylic acids is 3. The highest BCUT2D eigenvalue weighted by Gasteiger charge is 2.50. The number of aromatic nitrogens is 6. The van der Waals surface area contributed by atoms with Crippen LogP contribution in [-0.4, -0.2) is 225 Å². The zero-order valence-corrected chi connectivity index (χ0v) is 84.8. The van der Waals surface area contributed by atoms with Gasteiger partial charge in [-0.2, -0.15) is 31.8 Å². The van der Waals surface area contributed by atoms with Gasteiger partial charge in [-0.25, -0.2) is 52.4 Å². The molecule has 37 heteroatoms. The predicted molar refractivity (Wildman–Crippen MR) is 549 cm³/mol. The second kappa shape index (κ2) is 48.4. The fourth-order valence-corrected chi connectivity index (χ4v) is 21.8. The summed E-state index contributed by atoms with van der Waals surface area (Å²) in [7, 11) is -7.26. The third-order valence-electron chi connectivity index (χ3n) is 27.4. The molecule has 5 fully saturated rings. The lowest BCUT2D eigenvalue weighted by molar-refractivity contribution is -0.0503. The van der Waals surface area contributed by atoms with Crippen molar-refractivity contribution >= 4 is 107 Å². The molecule has 2 N–H and O–H groups in total. The molecule has 3 amide bonds. The number of halogens is 3. The highest BCUT2D eigenvalue weighted by Crippen LogP contribution is 2.45. The van der Waals surface area contributed by atoms with Gasteiger partial charge in [0.1, 0.15) is 43.5 Å². The molecule has 5 saturated heterocycles. The summed E-state index contributed by atoms with van der Waals surface area (Å²) in [6.45, 7) is 30.4. The Kier molecular flexibility index (Phi) is 35.0. The number of thioether (sulfide) groups is 2. The van der Waals surface area contributed by atoms with Gasteiger partial charge >= 0.3 is 33.9 Å². The van der Waals surface area contributed by atoms with E-state index in [1.54, 1.807) is 27.2 Å². The summed E-state index contributed by atoms with van der Waals surface area (Å²) >= 11 is 2.59. The van der Waals surface area contributed by atoms with Crippen molar-refractivity contribution in [3.8, 4) is 11.9 Å². The highest BCUT2D eigenvalue weighted by atomic mass is 32.2. The molecule has 11 heterocycles. The van der Waals surface area contributed by atoms with Crippen LogP contribution >= 0.6 is 23.5 Å². The van der Waals surface area contributed by atoms with Gasteiger partial charge in [0.15, 0.2) is 10.3 Å². The first kappa shape index (κ1) is 105. The quantitative estimate of drug-likeness (QED) is 0.0179. The first-order valence-corrected chi connectivity index (χ1v) is 53.6. The molecule has 0 radical (unpaired) electrons. The molecule has 9 aromatic carbocycles. The number of carbonyl (C=O) groups is 3. The molecule has 756 valence electrons. The van der Waals surface area contributed by atoms with Crippen LogP contribution in [0.25, 0.3) is 42.0 Å².